The van der Waals surface area contributed by atoms with Gasteiger partial charge in [0, 0.05) is 0 Å². The zero-order chi connectivity index (χ0) is 24.1. The molecule has 0 saturated heterocycles. The molecule has 0 bridgehead atoms. The van der Waals surface area contributed by atoms with Gasteiger partial charge in [-0.1, -0.05) is 43.7 Å². The van der Waals surface area contributed by atoms with Crippen LogP contribution in [0.4, 0.5) is 0 Å². The van der Waals surface area contributed by atoms with Crippen LogP contribution in [0.5, 0.6) is 17.2 Å². The number of nitrogens with one attached hydrogen (secondary N) is 1. The van der Waals surface area contributed by atoms with E-state index in [9.17, 15) is 13.2 Å². The summed E-state index contributed by atoms with van der Waals surface area (Å²) in [5, 5.41) is 0. The maximum atomic E-state index is 13.4. The van der Waals surface area contributed by atoms with Crippen molar-refractivity contribution < 1.29 is 27.4 Å². The van der Waals surface area contributed by atoms with E-state index in [1.165, 1.54) is 12.1 Å². The molecule has 0 fully saturated rings. The van der Waals surface area contributed by atoms with Crippen molar-refractivity contribution in [1.29, 1.82) is 0 Å². The first-order chi connectivity index (χ1) is 16.4. The average molecular weight is 522 g/mol. The van der Waals surface area contributed by atoms with Gasteiger partial charge in [0.1, 0.15) is 5.75 Å². The molecule has 0 aliphatic carbocycles. The standard InChI is InChI=1S/C26H27NO6S.K.H/c1-3-5-18-8-11-22(12-9-18)34(29,30)27-26(28)23(15-19-6-4-7-21(14-19)31-2)20-10-13-24-25(16-20)33-17-32-24;;/h4,6-14,16,23H,3,5,15,17H2,1-2H3,(H,27,28);;. The van der Waals surface area contributed by atoms with Gasteiger partial charge < -0.3 is 14.2 Å². The molecule has 1 aliphatic rings. The summed E-state index contributed by atoms with van der Waals surface area (Å²) in [6, 6.07) is 19.1. The molecule has 1 unspecified atom stereocenters. The minimum atomic E-state index is -4.04. The number of carbonyl (C=O) groups excluding carboxylic acids is 1. The molecule has 0 saturated carbocycles. The van der Waals surface area contributed by atoms with Crippen LogP contribution in [0, 0.1) is 0 Å². The predicted molar refractivity (Wildman–Crippen MR) is 135 cm³/mol. The Kier molecular flexibility index (Phi) is 9.80. The number of hydrogen-bond donors (Lipinski definition) is 1. The first kappa shape index (κ1) is 27.7. The number of methoxy groups -OCH3 is 1. The number of benzene rings is 3. The third-order valence-corrected chi connectivity index (χ3v) is 7.06. The van der Waals surface area contributed by atoms with Crippen LogP contribution in [0.25, 0.3) is 0 Å². The normalized spacial score (nSPS) is 13.0. The van der Waals surface area contributed by atoms with Crippen molar-refractivity contribution in [3.05, 3.63) is 83.4 Å². The van der Waals surface area contributed by atoms with Crippen molar-refractivity contribution in [2.45, 2.75) is 37.0 Å². The van der Waals surface area contributed by atoms with Gasteiger partial charge in [-0.15, -0.1) is 0 Å². The Hall–Kier alpha value is -1.88. The minimum absolute atomic E-state index is 0. The van der Waals surface area contributed by atoms with Gasteiger partial charge in [-0.3, -0.25) is 4.79 Å². The maximum absolute atomic E-state index is 13.4. The van der Waals surface area contributed by atoms with Crippen LogP contribution in [0.15, 0.2) is 71.6 Å². The number of sulfonamides is 1. The van der Waals surface area contributed by atoms with Gasteiger partial charge in [-0.25, -0.2) is 13.1 Å². The van der Waals surface area contributed by atoms with Crippen LogP contribution >= 0.6 is 0 Å². The topological polar surface area (TPSA) is 90.9 Å². The average Bonchev–Trinajstić information content (AvgIpc) is 3.31. The van der Waals surface area contributed by atoms with Gasteiger partial charge >= 0.3 is 51.4 Å². The summed E-state index contributed by atoms with van der Waals surface area (Å²) in [5.74, 6) is 0.358. The van der Waals surface area contributed by atoms with Crippen LogP contribution in [0.2, 0.25) is 0 Å². The molecular formula is C26H28KNO6S. The van der Waals surface area contributed by atoms with Crippen molar-refractivity contribution in [2.75, 3.05) is 13.9 Å². The second-order valence-corrected chi connectivity index (χ2v) is 9.77. The second-order valence-electron chi connectivity index (χ2n) is 8.08. The summed E-state index contributed by atoms with van der Waals surface area (Å²) in [4.78, 5) is 13.4. The van der Waals surface area contributed by atoms with Crippen molar-refractivity contribution in [2.24, 2.45) is 0 Å². The van der Waals surface area contributed by atoms with Gasteiger partial charge in [0.2, 0.25) is 12.7 Å². The van der Waals surface area contributed by atoms with E-state index in [2.05, 4.69) is 11.6 Å². The van der Waals surface area contributed by atoms with Crippen LogP contribution in [0.1, 0.15) is 36.0 Å². The Morgan fingerprint density at radius 3 is 2.46 bits per heavy atom. The molecule has 1 aliphatic heterocycles. The third-order valence-electron chi connectivity index (χ3n) is 5.70. The second kappa shape index (κ2) is 12.4. The molecule has 7 nitrogen and oxygen atoms in total. The van der Waals surface area contributed by atoms with E-state index in [0.29, 0.717) is 22.8 Å². The summed E-state index contributed by atoms with van der Waals surface area (Å²) < 4.78 is 44.4. The fourth-order valence-corrected chi connectivity index (χ4v) is 4.93. The zero-order valence-corrected chi connectivity index (χ0v) is 19.9. The monoisotopic (exact) mass is 521 g/mol. The Morgan fingerprint density at radius 1 is 1.00 bits per heavy atom. The van der Waals surface area contributed by atoms with Crippen LogP contribution in [-0.4, -0.2) is 79.6 Å². The third kappa shape index (κ3) is 6.87. The molecule has 0 aromatic heterocycles. The van der Waals surface area contributed by atoms with Gasteiger partial charge in [0.15, 0.2) is 11.5 Å². The van der Waals surface area contributed by atoms with E-state index in [4.69, 9.17) is 14.2 Å². The summed E-state index contributed by atoms with van der Waals surface area (Å²) in [6.07, 6.45) is 2.09. The Morgan fingerprint density at radius 2 is 1.74 bits per heavy atom. The molecule has 0 spiro atoms. The molecule has 1 heterocycles. The quantitative estimate of drug-likeness (QED) is 0.433. The number of aryl methyl sites for hydroxylation is 1. The first-order valence-electron chi connectivity index (χ1n) is 11.1. The summed E-state index contributed by atoms with van der Waals surface area (Å²) in [7, 11) is -2.47. The molecule has 1 atom stereocenters. The van der Waals surface area contributed by atoms with Gasteiger partial charge in [0.05, 0.1) is 17.9 Å². The number of ether oxygens (including phenoxy) is 3. The van der Waals surface area contributed by atoms with E-state index in [1.807, 2.05) is 24.3 Å². The Labute approximate surface area is 248 Å². The van der Waals surface area contributed by atoms with E-state index >= 15 is 0 Å². The fourth-order valence-electron chi connectivity index (χ4n) is 3.91. The number of hydrogen-bond acceptors (Lipinski definition) is 6. The summed E-state index contributed by atoms with van der Waals surface area (Å²) in [6.45, 7) is 2.16. The van der Waals surface area contributed by atoms with E-state index in [-0.39, 0.29) is 69.5 Å². The van der Waals surface area contributed by atoms with Gasteiger partial charge in [0.25, 0.3) is 10.0 Å². The van der Waals surface area contributed by atoms with Gasteiger partial charge in [-0.05, 0) is 65.9 Å². The predicted octanol–water partition coefficient (Wildman–Crippen LogP) is 3.56. The molecule has 3 aromatic rings. The van der Waals surface area contributed by atoms with E-state index in [1.54, 1.807) is 37.4 Å². The van der Waals surface area contributed by atoms with E-state index < -0.39 is 21.8 Å². The molecule has 1 amide bonds. The molecule has 9 heteroatoms. The summed E-state index contributed by atoms with van der Waals surface area (Å²) >= 11 is 0. The molecule has 35 heavy (non-hydrogen) atoms. The Balaban J connectivity index is 0.00000342. The number of rotatable bonds is 9. The van der Waals surface area contributed by atoms with Crippen molar-refractivity contribution in [1.82, 2.24) is 4.72 Å². The van der Waals surface area contributed by atoms with Crippen molar-refractivity contribution >= 4 is 67.3 Å². The molecule has 0 radical (unpaired) electrons. The van der Waals surface area contributed by atoms with Crippen LogP contribution in [0.3, 0.4) is 0 Å². The zero-order valence-electron chi connectivity index (χ0n) is 19.1. The molecule has 4 rings (SSSR count). The first-order valence-corrected chi connectivity index (χ1v) is 12.6. The number of amides is 1. The van der Waals surface area contributed by atoms with Crippen LogP contribution < -0.4 is 18.9 Å². The molecule has 180 valence electrons. The van der Waals surface area contributed by atoms with Crippen molar-refractivity contribution in [3.8, 4) is 17.2 Å². The number of fused-ring (bicyclic) bond motifs is 1. The molecular weight excluding hydrogens is 493 g/mol. The fraction of sp³-hybridized carbons (Fsp3) is 0.269. The Bertz CT molecular complexity index is 1280. The SMILES string of the molecule is CCCc1ccc(S(=O)(=O)NC(=O)C(Cc2cccc(OC)c2)c2ccc3c(c2)OCO3)cc1.[KH]. The van der Waals surface area contributed by atoms with Crippen molar-refractivity contribution in [3.63, 3.8) is 0 Å². The van der Waals surface area contributed by atoms with Crippen LogP contribution in [-0.2, 0) is 27.7 Å². The number of carbonyl (C=O) groups is 1. The van der Waals surface area contributed by atoms with E-state index in [0.717, 1.165) is 24.0 Å². The molecule has 1 N–H and O–H groups in total. The summed E-state index contributed by atoms with van der Waals surface area (Å²) in [5.41, 5.74) is 2.50. The molecule has 3 aromatic carbocycles. The van der Waals surface area contributed by atoms with Gasteiger partial charge in [-0.2, -0.15) is 0 Å².